The first kappa shape index (κ1) is 10.8. The van der Waals surface area contributed by atoms with Gasteiger partial charge in [-0.2, -0.15) is 0 Å². The number of hydrogen-bond donors (Lipinski definition) is 1. The van der Waals surface area contributed by atoms with Crippen LogP contribution in [0.3, 0.4) is 0 Å². The predicted molar refractivity (Wildman–Crippen MR) is 69.9 cm³/mol. The average molecular weight is 268 g/mol. The Hall–Kier alpha value is -1.33. The Morgan fingerprint density at radius 2 is 2.35 bits per heavy atom. The first-order valence-electron chi connectivity index (χ1n) is 5.30. The van der Waals surface area contributed by atoms with E-state index in [4.69, 9.17) is 11.6 Å². The molecule has 2 aromatic rings. The standard InChI is InChI=1S/C11H10ClN3OS/c12-7-1-2-8-9(5-7)17-11(14-8)15-4-3-13-10(16)6-15/h1-2,5H,3-4,6H2,(H,13,16). The second kappa shape index (κ2) is 4.16. The predicted octanol–water partition coefficient (Wildman–Crippen LogP) is 1.89. The third kappa shape index (κ3) is 2.08. The number of anilines is 1. The van der Waals surface area contributed by atoms with E-state index in [1.54, 1.807) is 11.3 Å². The number of halogens is 1. The fourth-order valence-corrected chi connectivity index (χ4v) is 3.09. The second-order valence-corrected chi connectivity index (χ2v) is 5.33. The van der Waals surface area contributed by atoms with Gasteiger partial charge in [-0.05, 0) is 18.2 Å². The largest absolute Gasteiger partial charge is 0.353 e. The smallest absolute Gasteiger partial charge is 0.239 e. The van der Waals surface area contributed by atoms with Crippen molar-refractivity contribution < 1.29 is 4.79 Å². The Morgan fingerprint density at radius 1 is 1.47 bits per heavy atom. The summed E-state index contributed by atoms with van der Waals surface area (Å²) in [6, 6.07) is 5.64. The molecule has 0 spiro atoms. The van der Waals surface area contributed by atoms with Crippen LogP contribution >= 0.6 is 22.9 Å². The summed E-state index contributed by atoms with van der Waals surface area (Å²) in [5, 5.41) is 4.40. The summed E-state index contributed by atoms with van der Waals surface area (Å²) < 4.78 is 1.05. The topological polar surface area (TPSA) is 45.2 Å². The molecule has 88 valence electrons. The molecule has 1 aromatic carbocycles. The van der Waals surface area contributed by atoms with Gasteiger partial charge in [0, 0.05) is 18.1 Å². The Balaban J connectivity index is 1.97. The summed E-state index contributed by atoms with van der Waals surface area (Å²) in [4.78, 5) is 17.8. The van der Waals surface area contributed by atoms with Gasteiger partial charge in [0.1, 0.15) is 0 Å². The molecule has 1 saturated heterocycles. The molecule has 6 heteroatoms. The number of fused-ring (bicyclic) bond motifs is 1. The van der Waals surface area contributed by atoms with Gasteiger partial charge in [0.2, 0.25) is 5.91 Å². The van der Waals surface area contributed by atoms with Gasteiger partial charge >= 0.3 is 0 Å². The van der Waals surface area contributed by atoms with Crippen molar-refractivity contribution in [3.63, 3.8) is 0 Å². The number of aromatic nitrogens is 1. The van der Waals surface area contributed by atoms with Crippen molar-refractivity contribution in [1.82, 2.24) is 10.3 Å². The average Bonchev–Trinajstić information content (AvgIpc) is 2.72. The number of thiazole rings is 1. The molecule has 1 aliphatic rings. The van der Waals surface area contributed by atoms with Crippen molar-refractivity contribution in [2.75, 3.05) is 24.5 Å². The van der Waals surface area contributed by atoms with E-state index in [-0.39, 0.29) is 5.91 Å². The van der Waals surface area contributed by atoms with E-state index < -0.39 is 0 Å². The van der Waals surface area contributed by atoms with Crippen LogP contribution in [0, 0.1) is 0 Å². The molecule has 0 radical (unpaired) electrons. The molecule has 3 rings (SSSR count). The van der Waals surface area contributed by atoms with E-state index in [9.17, 15) is 4.79 Å². The van der Waals surface area contributed by atoms with Crippen molar-refractivity contribution in [3.8, 4) is 0 Å². The van der Waals surface area contributed by atoms with Crippen LogP contribution in [0.1, 0.15) is 0 Å². The van der Waals surface area contributed by atoms with Gasteiger partial charge in [0.05, 0.1) is 16.8 Å². The fraction of sp³-hybridized carbons (Fsp3) is 0.273. The summed E-state index contributed by atoms with van der Waals surface area (Å²) in [7, 11) is 0. The number of benzene rings is 1. The maximum atomic E-state index is 11.3. The molecule has 0 unspecified atom stereocenters. The molecular weight excluding hydrogens is 258 g/mol. The lowest BCUT2D eigenvalue weighted by atomic mass is 10.3. The van der Waals surface area contributed by atoms with Gasteiger partial charge in [-0.15, -0.1) is 0 Å². The Kier molecular flexibility index (Phi) is 2.64. The lowest BCUT2D eigenvalue weighted by Gasteiger charge is -2.25. The third-order valence-electron chi connectivity index (χ3n) is 2.65. The van der Waals surface area contributed by atoms with Crippen LogP contribution < -0.4 is 10.2 Å². The van der Waals surface area contributed by atoms with Crippen LogP contribution in [-0.2, 0) is 4.79 Å². The zero-order valence-corrected chi connectivity index (χ0v) is 10.5. The van der Waals surface area contributed by atoms with Crippen molar-refractivity contribution in [2.45, 2.75) is 0 Å². The minimum atomic E-state index is 0.0496. The minimum Gasteiger partial charge on any atom is -0.353 e. The van der Waals surface area contributed by atoms with Crippen molar-refractivity contribution in [1.29, 1.82) is 0 Å². The van der Waals surface area contributed by atoms with Crippen LogP contribution in [0.15, 0.2) is 18.2 Å². The van der Waals surface area contributed by atoms with Gasteiger partial charge in [-0.25, -0.2) is 4.98 Å². The SMILES string of the molecule is O=C1CN(c2nc3ccc(Cl)cc3s2)CCN1. The Bertz CT molecular complexity index is 583. The Labute approximate surface area is 107 Å². The van der Waals surface area contributed by atoms with Crippen LogP contribution in [-0.4, -0.2) is 30.5 Å². The first-order valence-corrected chi connectivity index (χ1v) is 6.49. The van der Waals surface area contributed by atoms with E-state index in [1.165, 1.54) is 0 Å². The molecule has 0 aliphatic carbocycles. The van der Waals surface area contributed by atoms with Crippen LogP contribution in [0.4, 0.5) is 5.13 Å². The highest BCUT2D eigenvalue weighted by atomic mass is 35.5. The lowest BCUT2D eigenvalue weighted by Crippen LogP contribution is -2.47. The van der Waals surface area contributed by atoms with Crippen molar-refractivity contribution in [3.05, 3.63) is 23.2 Å². The quantitative estimate of drug-likeness (QED) is 0.858. The highest BCUT2D eigenvalue weighted by molar-refractivity contribution is 7.22. The molecule has 0 atom stereocenters. The zero-order chi connectivity index (χ0) is 11.8. The summed E-state index contributed by atoms with van der Waals surface area (Å²) in [5.41, 5.74) is 0.931. The van der Waals surface area contributed by atoms with E-state index in [0.717, 1.165) is 21.9 Å². The molecule has 1 aliphatic heterocycles. The molecule has 17 heavy (non-hydrogen) atoms. The number of hydrogen-bond acceptors (Lipinski definition) is 4. The first-order chi connectivity index (χ1) is 8.22. The lowest BCUT2D eigenvalue weighted by molar-refractivity contribution is -0.120. The molecule has 0 saturated carbocycles. The number of carbonyl (C=O) groups excluding carboxylic acids is 1. The van der Waals surface area contributed by atoms with Crippen molar-refractivity contribution >= 4 is 44.2 Å². The number of rotatable bonds is 1. The molecule has 1 aromatic heterocycles. The van der Waals surface area contributed by atoms with Gasteiger partial charge in [0.25, 0.3) is 0 Å². The third-order valence-corrected chi connectivity index (χ3v) is 3.96. The van der Waals surface area contributed by atoms with E-state index in [1.807, 2.05) is 23.1 Å². The normalized spacial score (nSPS) is 16.3. The molecule has 0 bridgehead atoms. The van der Waals surface area contributed by atoms with E-state index >= 15 is 0 Å². The van der Waals surface area contributed by atoms with Gasteiger partial charge < -0.3 is 10.2 Å². The summed E-state index contributed by atoms with van der Waals surface area (Å²) in [6.45, 7) is 1.86. The molecule has 4 nitrogen and oxygen atoms in total. The Morgan fingerprint density at radius 3 is 3.18 bits per heavy atom. The fourth-order valence-electron chi connectivity index (χ4n) is 1.82. The van der Waals surface area contributed by atoms with E-state index in [2.05, 4.69) is 10.3 Å². The van der Waals surface area contributed by atoms with Crippen LogP contribution in [0.5, 0.6) is 0 Å². The minimum absolute atomic E-state index is 0.0496. The number of nitrogens with one attached hydrogen (secondary N) is 1. The monoisotopic (exact) mass is 267 g/mol. The molecular formula is C11H10ClN3OS. The zero-order valence-electron chi connectivity index (χ0n) is 8.94. The highest BCUT2D eigenvalue weighted by Gasteiger charge is 2.19. The number of nitrogens with zero attached hydrogens (tertiary/aromatic N) is 2. The second-order valence-electron chi connectivity index (χ2n) is 3.88. The summed E-state index contributed by atoms with van der Waals surface area (Å²) in [5.74, 6) is 0.0496. The van der Waals surface area contributed by atoms with Gasteiger partial charge in [0.15, 0.2) is 5.13 Å². The van der Waals surface area contributed by atoms with Crippen LogP contribution in [0.25, 0.3) is 10.2 Å². The molecule has 1 fully saturated rings. The maximum Gasteiger partial charge on any atom is 0.239 e. The van der Waals surface area contributed by atoms with Crippen molar-refractivity contribution in [2.24, 2.45) is 0 Å². The van der Waals surface area contributed by atoms with E-state index in [0.29, 0.717) is 18.1 Å². The summed E-state index contributed by atoms with van der Waals surface area (Å²) in [6.07, 6.45) is 0. The molecule has 2 heterocycles. The summed E-state index contributed by atoms with van der Waals surface area (Å²) >= 11 is 7.51. The number of piperazine rings is 1. The van der Waals surface area contributed by atoms with Crippen LogP contribution in [0.2, 0.25) is 5.02 Å². The highest BCUT2D eigenvalue weighted by Crippen LogP contribution is 2.30. The van der Waals surface area contributed by atoms with Gasteiger partial charge in [-0.1, -0.05) is 22.9 Å². The molecule has 1 N–H and O–H groups in total. The molecule has 1 amide bonds. The number of carbonyl (C=O) groups is 1. The maximum absolute atomic E-state index is 11.3. The number of amides is 1. The van der Waals surface area contributed by atoms with Gasteiger partial charge in [-0.3, -0.25) is 4.79 Å².